The smallest absolute Gasteiger partial charge is 0.125 e. The van der Waals surface area contributed by atoms with Crippen LogP contribution in [0.3, 0.4) is 0 Å². The second-order valence-electron chi connectivity index (χ2n) is 5.18. The second kappa shape index (κ2) is 5.48. The lowest BCUT2D eigenvalue weighted by atomic mass is 9.95. The van der Waals surface area contributed by atoms with Crippen molar-refractivity contribution in [1.29, 1.82) is 0 Å². The largest absolute Gasteiger partial charge is 0.297 e. The van der Waals surface area contributed by atoms with E-state index < -0.39 is 0 Å². The maximum absolute atomic E-state index is 4.48. The van der Waals surface area contributed by atoms with Crippen molar-refractivity contribution in [2.45, 2.75) is 32.2 Å². The maximum atomic E-state index is 4.48. The average Bonchev–Trinajstić information content (AvgIpc) is 2.93. The first-order valence-electron chi connectivity index (χ1n) is 6.81. The highest BCUT2D eigenvalue weighted by atomic mass is 15.2. The van der Waals surface area contributed by atoms with Crippen LogP contribution in [0.1, 0.15) is 36.0 Å². The molecule has 1 saturated heterocycles. The summed E-state index contributed by atoms with van der Waals surface area (Å²) in [6, 6.07) is 4.09. The summed E-state index contributed by atoms with van der Waals surface area (Å²) in [6.45, 7) is 5.07. The molecule has 1 N–H and O–H groups in total. The number of aryl methyl sites for hydroxylation is 1. The first-order valence-corrected chi connectivity index (χ1v) is 6.81. The summed E-state index contributed by atoms with van der Waals surface area (Å²) in [5.74, 6) is 1.42. The van der Waals surface area contributed by atoms with Gasteiger partial charge < -0.3 is 0 Å². The number of hydrogen-bond donors (Lipinski definition) is 1. The van der Waals surface area contributed by atoms with Crippen molar-refractivity contribution >= 4 is 0 Å². The van der Waals surface area contributed by atoms with Gasteiger partial charge in [-0.2, -0.15) is 5.10 Å². The SMILES string of the molecule is Cc1nccc(CN2CCC[C@H](c3ccn[nH]3)C2)n1. The van der Waals surface area contributed by atoms with E-state index in [0.29, 0.717) is 5.92 Å². The standard InChI is InChI=1S/C14H19N5/c1-11-15-6-4-13(17-11)10-19-8-2-3-12(9-19)14-5-7-16-18-14/h4-7,12H,2-3,8-10H2,1H3,(H,16,18)/t12-/m0/s1. The Balaban J connectivity index is 1.65. The van der Waals surface area contributed by atoms with Crippen LogP contribution in [-0.4, -0.2) is 38.2 Å². The van der Waals surface area contributed by atoms with Gasteiger partial charge in [-0.25, -0.2) is 9.97 Å². The Morgan fingerprint density at radius 1 is 1.37 bits per heavy atom. The van der Waals surface area contributed by atoms with Crippen molar-refractivity contribution in [2.75, 3.05) is 13.1 Å². The summed E-state index contributed by atoms with van der Waals surface area (Å²) in [5.41, 5.74) is 2.36. The molecule has 0 radical (unpaired) electrons. The number of rotatable bonds is 3. The molecule has 0 spiro atoms. The summed E-state index contributed by atoms with van der Waals surface area (Å²) in [5, 5.41) is 7.15. The van der Waals surface area contributed by atoms with Crippen LogP contribution >= 0.6 is 0 Å². The number of aromatic amines is 1. The van der Waals surface area contributed by atoms with Gasteiger partial charge in [-0.15, -0.1) is 0 Å². The molecule has 100 valence electrons. The highest BCUT2D eigenvalue weighted by molar-refractivity contribution is 5.08. The van der Waals surface area contributed by atoms with E-state index in [2.05, 4.69) is 31.1 Å². The van der Waals surface area contributed by atoms with Crippen LogP contribution in [0.4, 0.5) is 0 Å². The summed E-state index contributed by atoms with van der Waals surface area (Å²) in [4.78, 5) is 11.1. The highest BCUT2D eigenvalue weighted by Crippen LogP contribution is 2.25. The van der Waals surface area contributed by atoms with Gasteiger partial charge in [-0.1, -0.05) is 0 Å². The lowest BCUT2D eigenvalue weighted by Gasteiger charge is -2.31. The zero-order chi connectivity index (χ0) is 13.1. The minimum atomic E-state index is 0.569. The van der Waals surface area contributed by atoms with Crippen molar-refractivity contribution in [1.82, 2.24) is 25.1 Å². The van der Waals surface area contributed by atoms with Gasteiger partial charge in [-0.05, 0) is 38.4 Å². The minimum Gasteiger partial charge on any atom is -0.297 e. The number of likely N-dealkylation sites (tertiary alicyclic amines) is 1. The first-order chi connectivity index (χ1) is 9.31. The number of piperidine rings is 1. The fourth-order valence-electron chi connectivity index (χ4n) is 2.77. The molecule has 2 aromatic heterocycles. The fourth-order valence-corrected chi connectivity index (χ4v) is 2.77. The van der Waals surface area contributed by atoms with Gasteiger partial charge in [0, 0.05) is 37.1 Å². The molecule has 1 aliphatic rings. The van der Waals surface area contributed by atoms with Crippen LogP contribution in [0.5, 0.6) is 0 Å². The Kier molecular flexibility index (Phi) is 3.55. The van der Waals surface area contributed by atoms with Crippen molar-refractivity contribution in [3.05, 3.63) is 41.7 Å². The zero-order valence-electron chi connectivity index (χ0n) is 11.2. The molecule has 1 atom stereocenters. The molecule has 3 rings (SSSR count). The number of nitrogens with one attached hydrogen (secondary N) is 1. The van der Waals surface area contributed by atoms with Gasteiger partial charge in [0.15, 0.2) is 0 Å². The van der Waals surface area contributed by atoms with E-state index in [-0.39, 0.29) is 0 Å². The molecule has 0 saturated carbocycles. The second-order valence-corrected chi connectivity index (χ2v) is 5.18. The van der Waals surface area contributed by atoms with Crippen molar-refractivity contribution < 1.29 is 0 Å². The Morgan fingerprint density at radius 2 is 2.32 bits per heavy atom. The molecule has 0 aliphatic carbocycles. The van der Waals surface area contributed by atoms with E-state index in [9.17, 15) is 0 Å². The third-order valence-corrected chi connectivity index (χ3v) is 3.69. The monoisotopic (exact) mass is 257 g/mol. The molecule has 0 amide bonds. The van der Waals surface area contributed by atoms with Gasteiger partial charge in [-0.3, -0.25) is 10.00 Å². The van der Waals surface area contributed by atoms with Crippen LogP contribution in [0, 0.1) is 6.92 Å². The van der Waals surface area contributed by atoms with Crippen LogP contribution in [0.25, 0.3) is 0 Å². The summed E-state index contributed by atoms with van der Waals surface area (Å²) >= 11 is 0. The molecule has 1 fully saturated rings. The quantitative estimate of drug-likeness (QED) is 0.912. The Labute approximate surface area is 113 Å². The molecule has 2 aromatic rings. The molecule has 0 bridgehead atoms. The van der Waals surface area contributed by atoms with Crippen molar-refractivity contribution in [3.63, 3.8) is 0 Å². The summed E-state index contributed by atoms with van der Waals surface area (Å²) in [6.07, 6.45) is 6.14. The minimum absolute atomic E-state index is 0.569. The van der Waals surface area contributed by atoms with Crippen LogP contribution in [0.2, 0.25) is 0 Å². The topological polar surface area (TPSA) is 57.7 Å². The third-order valence-electron chi connectivity index (χ3n) is 3.69. The first kappa shape index (κ1) is 12.3. The third kappa shape index (κ3) is 2.98. The number of H-pyrrole nitrogens is 1. The molecule has 5 nitrogen and oxygen atoms in total. The molecule has 0 aromatic carbocycles. The van der Waals surface area contributed by atoms with Gasteiger partial charge >= 0.3 is 0 Å². The van der Waals surface area contributed by atoms with Gasteiger partial charge in [0.1, 0.15) is 5.82 Å². The molecule has 1 aliphatic heterocycles. The van der Waals surface area contributed by atoms with Crippen molar-refractivity contribution in [2.24, 2.45) is 0 Å². The lowest BCUT2D eigenvalue weighted by molar-refractivity contribution is 0.196. The predicted octanol–water partition coefficient (Wildman–Crippen LogP) is 1.89. The maximum Gasteiger partial charge on any atom is 0.125 e. The Bertz CT molecular complexity index is 522. The van der Waals surface area contributed by atoms with E-state index in [1.807, 2.05) is 25.4 Å². The van der Waals surface area contributed by atoms with Gasteiger partial charge in [0.25, 0.3) is 0 Å². The van der Waals surface area contributed by atoms with Crippen LogP contribution in [0.15, 0.2) is 24.5 Å². The number of hydrogen-bond acceptors (Lipinski definition) is 4. The van der Waals surface area contributed by atoms with E-state index in [0.717, 1.165) is 31.2 Å². The summed E-state index contributed by atoms with van der Waals surface area (Å²) < 4.78 is 0. The van der Waals surface area contributed by atoms with Gasteiger partial charge in [0.05, 0.1) is 5.69 Å². The predicted molar refractivity (Wildman–Crippen MR) is 72.6 cm³/mol. The summed E-state index contributed by atoms with van der Waals surface area (Å²) in [7, 11) is 0. The lowest BCUT2D eigenvalue weighted by Crippen LogP contribution is -2.34. The average molecular weight is 257 g/mol. The van der Waals surface area contributed by atoms with Crippen molar-refractivity contribution in [3.8, 4) is 0 Å². The molecular weight excluding hydrogens is 238 g/mol. The van der Waals surface area contributed by atoms with E-state index in [4.69, 9.17) is 0 Å². The molecule has 19 heavy (non-hydrogen) atoms. The molecule has 3 heterocycles. The zero-order valence-corrected chi connectivity index (χ0v) is 11.2. The number of nitrogens with zero attached hydrogens (tertiary/aromatic N) is 4. The normalized spacial score (nSPS) is 20.6. The molecule has 0 unspecified atom stereocenters. The van der Waals surface area contributed by atoms with E-state index in [1.165, 1.54) is 18.5 Å². The number of aromatic nitrogens is 4. The Hall–Kier alpha value is -1.75. The molecular formula is C14H19N5. The highest BCUT2D eigenvalue weighted by Gasteiger charge is 2.22. The van der Waals surface area contributed by atoms with E-state index in [1.54, 1.807) is 0 Å². The van der Waals surface area contributed by atoms with Gasteiger partial charge in [0.2, 0.25) is 0 Å². The van der Waals surface area contributed by atoms with E-state index >= 15 is 0 Å². The fraction of sp³-hybridized carbons (Fsp3) is 0.500. The Morgan fingerprint density at radius 3 is 3.11 bits per heavy atom. The van der Waals surface area contributed by atoms with Crippen LogP contribution < -0.4 is 0 Å². The molecule has 5 heteroatoms. The van der Waals surface area contributed by atoms with Crippen LogP contribution in [-0.2, 0) is 6.54 Å².